The number of hydrogen-bond acceptors (Lipinski definition) is 7. The van der Waals surface area contributed by atoms with Gasteiger partial charge < -0.3 is 4.74 Å². The van der Waals surface area contributed by atoms with Gasteiger partial charge in [0.1, 0.15) is 12.4 Å². The highest BCUT2D eigenvalue weighted by Gasteiger charge is 2.47. The molecule has 1 aromatic carbocycles. The predicted octanol–water partition coefficient (Wildman–Crippen LogP) is 2.85. The van der Waals surface area contributed by atoms with Gasteiger partial charge in [-0.15, -0.1) is 5.10 Å². The smallest absolute Gasteiger partial charge is 0.264 e. The summed E-state index contributed by atoms with van der Waals surface area (Å²) in [4.78, 5) is 1.42. The normalized spacial score (nSPS) is 19.4. The number of ether oxygens (including phenoxy) is 1. The molecule has 6 rings (SSSR count). The minimum atomic E-state index is -3.87. The molecule has 0 bridgehead atoms. The summed E-state index contributed by atoms with van der Waals surface area (Å²) in [5.41, 5.74) is 3.08. The summed E-state index contributed by atoms with van der Waals surface area (Å²) in [6, 6.07) is 7.98. The van der Waals surface area contributed by atoms with E-state index in [-0.39, 0.29) is 24.0 Å². The second kappa shape index (κ2) is 9.72. The van der Waals surface area contributed by atoms with E-state index in [9.17, 15) is 12.8 Å². The number of halogens is 1. The SMILES string of the molecule is CCCn1ncc(S(=O)(=O)N2CCC3=Cc4c(cnn4-c4ccc(F)cc4)C[C@]3(COc3ccnn3C)C2)n1. The van der Waals surface area contributed by atoms with Gasteiger partial charge >= 0.3 is 0 Å². The van der Waals surface area contributed by atoms with Crippen molar-refractivity contribution in [1.82, 2.24) is 38.9 Å². The fourth-order valence-electron chi connectivity index (χ4n) is 5.37. The van der Waals surface area contributed by atoms with Gasteiger partial charge in [-0.25, -0.2) is 22.2 Å². The molecule has 4 heterocycles. The summed E-state index contributed by atoms with van der Waals surface area (Å²) in [5.74, 6) is 0.284. The second-order valence-corrected chi connectivity index (χ2v) is 11.9. The number of aryl methyl sites for hydroxylation is 2. The Kier molecular flexibility index (Phi) is 6.34. The van der Waals surface area contributed by atoms with Crippen LogP contribution in [-0.4, -0.2) is 67.0 Å². The average molecular weight is 553 g/mol. The Morgan fingerprint density at radius 3 is 2.67 bits per heavy atom. The van der Waals surface area contributed by atoms with Crippen molar-refractivity contribution in [1.29, 1.82) is 0 Å². The van der Waals surface area contributed by atoms with Crippen molar-refractivity contribution in [2.75, 3.05) is 19.7 Å². The first-order valence-corrected chi connectivity index (χ1v) is 14.3. The van der Waals surface area contributed by atoms with Crippen LogP contribution in [0.1, 0.15) is 31.0 Å². The summed E-state index contributed by atoms with van der Waals surface area (Å²) in [7, 11) is -2.07. The number of aromatic nitrogens is 7. The highest BCUT2D eigenvalue weighted by atomic mass is 32.2. The number of benzene rings is 1. The van der Waals surface area contributed by atoms with Crippen molar-refractivity contribution in [3.63, 3.8) is 0 Å². The fourth-order valence-corrected chi connectivity index (χ4v) is 6.76. The van der Waals surface area contributed by atoms with Crippen LogP contribution in [0.3, 0.4) is 0 Å². The summed E-state index contributed by atoms with van der Waals surface area (Å²) in [6.07, 6.45) is 8.71. The Morgan fingerprint density at radius 1 is 1.10 bits per heavy atom. The highest BCUT2D eigenvalue weighted by molar-refractivity contribution is 7.89. The first kappa shape index (κ1) is 25.4. The molecule has 0 N–H and O–H groups in total. The number of rotatable bonds is 8. The van der Waals surface area contributed by atoms with E-state index in [1.54, 1.807) is 47.0 Å². The Labute approximate surface area is 225 Å². The third-order valence-corrected chi connectivity index (χ3v) is 9.11. The lowest BCUT2D eigenvalue weighted by Crippen LogP contribution is -2.52. The molecule has 0 unspecified atom stereocenters. The Hall–Kier alpha value is -3.84. The van der Waals surface area contributed by atoms with E-state index < -0.39 is 15.4 Å². The molecule has 11 nitrogen and oxygen atoms in total. The lowest BCUT2D eigenvalue weighted by molar-refractivity contribution is 0.118. The monoisotopic (exact) mass is 552 g/mol. The number of hydrogen-bond donors (Lipinski definition) is 0. The third kappa shape index (κ3) is 4.55. The van der Waals surface area contributed by atoms with Crippen LogP contribution < -0.4 is 4.74 Å². The Bertz CT molecular complexity index is 1640. The summed E-state index contributed by atoms with van der Waals surface area (Å²) in [5, 5.41) is 17.1. The number of fused-ring (bicyclic) bond motifs is 2. The zero-order valence-electron chi connectivity index (χ0n) is 21.7. The molecular weight excluding hydrogens is 523 g/mol. The van der Waals surface area contributed by atoms with E-state index in [4.69, 9.17) is 4.74 Å². The van der Waals surface area contributed by atoms with Crippen LogP contribution in [0.25, 0.3) is 11.8 Å². The van der Waals surface area contributed by atoms with Gasteiger partial charge in [-0.1, -0.05) is 12.5 Å². The van der Waals surface area contributed by atoms with Crippen molar-refractivity contribution in [2.45, 2.75) is 37.8 Å². The van der Waals surface area contributed by atoms with Crippen LogP contribution in [0.15, 0.2) is 59.5 Å². The maximum Gasteiger partial charge on any atom is 0.264 e. The van der Waals surface area contributed by atoms with E-state index in [1.807, 2.05) is 6.92 Å². The first-order chi connectivity index (χ1) is 18.8. The van der Waals surface area contributed by atoms with E-state index in [1.165, 1.54) is 27.4 Å². The zero-order chi connectivity index (χ0) is 27.2. The molecule has 1 aliphatic carbocycles. The van der Waals surface area contributed by atoms with E-state index in [0.717, 1.165) is 28.9 Å². The highest BCUT2D eigenvalue weighted by Crippen LogP contribution is 2.45. The predicted molar refractivity (Wildman–Crippen MR) is 140 cm³/mol. The molecule has 1 atom stereocenters. The van der Waals surface area contributed by atoms with E-state index in [0.29, 0.717) is 31.8 Å². The van der Waals surface area contributed by atoms with Crippen LogP contribution in [0.5, 0.6) is 5.88 Å². The van der Waals surface area contributed by atoms with E-state index >= 15 is 0 Å². The summed E-state index contributed by atoms with van der Waals surface area (Å²) in [6.45, 7) is 3.32. The van der Waals surface area contributed by atoms with Crippen molar-refractivity contribution >= 4 is 16.1 Å². The van der Waals surface area contributed by atoms with Crippen molar-refractivity contribution in [3.05, 3.63) is 71.6 Å². The van der Waals surface area contributed by atoms with Crippen LogP contribution in [0, 0.1) is 11.2 Å². The quantitative estimate of drug-likeness (QED) is 0.330. The molecule has 0 saturated carbocycles. The van der Waals surface area contributed by atoms with E-state index in [2.05, 4.69) is 26.5 Å². The topological polar surface area (TPSA) is 113 Å². The maximum atomic E-state index is 13.7. The largest absolute Gasteiger partial charge is 0.477 e. The van der Waals surface area contributed by atoms with Gasteiger partial charge in [-0.2, -0.15) is 24.4 Å². The van der Waals surface area contributed by atoms with Gasteiger partial charge in [0.05, 0.1) is 36.5 Å². The Balaban J connectivity index is 1.36. The van der Waals surface area contributed by atoms with Gasteiger partial charge in [0.25, 0.3) is 10.0 Å². The molecule has 4 aromatic rings. The molecule has 0 amide bonds. The van der Waals surface area contributed by atoms with Crippen molar-refractivity contribution < 1.29 is 17.5 Å². The maximum absolute atomic E-state index is 13.7. The van der Waals surface area contributed by atoms with Gasteiger partial charge in [0, 0.05) is 31.6 Å². The fraction of sp³-hybridized carbons (Fsp3) is 0.385. The van der Waals surface area contributed by atoms with Crippen LogP contribution in [0.4, 0.5) is 4.39 Å². The standard InChI is InChI=1S/C26H29FN8O3S/c1-3-11-34-29-16-24(31-34)39(36,37)33-12-9-20-13-23-19(15-30-35(23)22-6-4-21(27)5-7-22)14-26(20,17-33)18-38-25-8-10-28-32(25)2/h4-8,10,13,15-16H,3,9,11-12,14,17-18H2,1-2H3/t26-/m1/s1. The molecule has 39 heavy (non-hydrogen) atoms. The number of piperidine rings is 1. The third-order valence-electron chi connectivity index (χ3n) is 7.40. The summed E-state index contributed by atoms with van der Waals surface area (Å²) >= 11 is 0. The average Bonchev–Trinajstić information content (AvgIpc) is 3.67. The van der Waals surface area contributed by atoms with Gasteiger partial charge in [-0.05, 0) is 55.2 Å². The Morgan fingerprint density at radius 2 is 1.92 bits per heavy atom. The molecule has 0 radical (unpaired) electrons. The minimum Gasteiger partial charge on any atom is -0.477 e. The lowest BCUT2D eigenvalue weighted by atomic mass is 9.69. The minimum absolute atomic E-state index is 0.0493. The van der Waals surface area contributed by atoms with Crippen molar-refractivity contribution in [3.8, 4) is 11.6 Å². The second-order valence-electron chi connectivity index (χ2n) is 10.0. The van der Waals surface area contributed by atoms with Gasteiger partial charge in [0.2, 0.25) is 10.9 Å². The first-order valence-electron chi connectivity index (χ1n) is 12.8. The number of sulfonamides is 1. The molecule has 1 saturated heterocycles. The van der Waals surface area contributed by atoms with Gasteiger partial charge in [0.15, 0.2) is 0 Å². The lowest BCUT2D eigenvalue weighted by Gasteiger charge is -2.45. The van der Waals surface area contributed by atoms with Gasteiger partial charge in [-0.3, -0.25) is 0 Å². The number of nitrogens with zero attached hydrogens (tertiary/aromatic N) is 8. The molecule has 1 fully saturated rings. The molecular formula is C26H29FN8O3S. The zero-order valence-corrected chi connectivity index (χ0v) is 22.6. The molecule has 0 spiro atoms. The molecule has 1 aliphatic heterocycles. The van der Waals surface area contributed by atoms with Crippen LogP contribution in [0.2, 0.25) is 0 Å². The van der Waals surface area contributed by atoms with Crippen LogP contribution >= 0.6 is 0 Å². The molecule has 204 valence electrons. The van der Waals surface area contributed by atoms with Crippen LogP contribution in [-0.2, 0) is 30.0 Å². The molecule has 3 aromatic heterocycles. The molecule has 13 heteroatoms. The van der Waals surface area contributed by atoms with Crippen molar-refractivity contribution in [2.24, 2.45) is 12.5 Å². The summed E-state index contributed by atoms with van der Waals surface area (Å²) < 4.78 is 52.0. The molecule has 2 aliphatic rings.